The fourth-order valence-electron chi connectivity index (χ4n) is 1.55. The van der Waals surface area contributed by atoms with Crippen LogP contribution in [-0.2, 0) is 0 Å². The molecule has 0 spiro atoms. The zero-order chi connectivity index (χ0) is 12.4. The van der Waals surface area contributed by atoms with Gasteiger partial charge in [0.25, 0.3) is 0 Å². The zero-order valence-electron chi connectivity index (χ0n) is 8.58. The molecule has 1 aromatic heterocycles. The lowest BCUT2D eigenvalue weighted by Crippen LogP contribution is -2.29. The van der Waals surface area contributed by atoms with Crippen molar-refractivity contribution in [2.24, 2.45) is 5.84 Å². The second-order valence-corrected chi connectivity index (χ2v) is 5.17. The Bertz CT molecular complexity index is 530. The number of nitrogens with two attached hydrogens (primary N) is 1. The Morgan fingerprint density at radius 3 is 2.59 bits per heavy atom. The molecule has 0 aliphatic carbocycles. The first-order chi connectivity index (χ1) is 8.13. The highest BCUT2D eigenvalue weighted by Gasteiger charge is 2.21. The van der Waals surface area contributed by atoms with Gasteiger partial charge in [0.2, 0.25) is 0 Å². The normalized spacial score (nSPS) is 12.7. The smallest absolute Gasteiger partial charge is 0.140 e. The van der Waals surface area contributed by atoms with Gasteiger partial charge in [-0.3, -0.25) is 5.84 Å². The monoisotopic (exact) mass is 362 g/mol. The van der Waals surface area contributed by atoms with E-state index in [1.54, 1.807) is 18.2 Å². The summed E-state index contributed by atoms with van der Waals surface area (Å²) in [5.74, 6) is 5.64. The molecule has 2 rings (SSSR count). The van der Waals surface area contributed by atoms with Gasteiger partial charge in [0.1, 0.15) is 17.6 Å². The van der Waals surface area contributed by atoms with Crippen molar-refractivity contribution in [3.8, 4) is 0 Å². The minimum Gasteiger partial charge on any atom is -0.466 e. The summed E-state index contributed by atoms with van der Waals surface area (Å²) in [6, 6.07) is 5.98. The van der Waals surface area contributed by atoms with Crippen molar-refractivity contribution in [3.63, 3.8) is 0 Å². The van der Waals surface area contributed by atoms with Gasteiger partial charge in [-0.25, -0.2) is 9.82 Å². The van der Waals surface area contributed by atoms with Crippen molar-refractivity contribution in [2.45, 2.75) is 6.04 Å². The molecule has 3 N–H and O–H groups in total. The van der Waals surface area contributed by atoms with Crippen molar-refractivity contribution in [1.82, 2.24) is 5.43 Å². The molecule has 0 saturated heterocycles. The molecule has 1 aromatic carbocycles. The molecule has 90 valence electrons. The Morgan fingerprint density at radius 2 is 2.06 bits per heavy atom. The summed E-state index contributed by atoms with van der Waals surface area (Å²) in [6.45, 7) is 0. The summed E-state index contributed by atoms with van der Waals surface area (Å²) in [6.07, 6.45) is 1.51. The first-order valence-corrected chi connectivity index (χ1v) is 6.36. The number of rotatable bonds is 3. The first-order valence-electron chi connectivity index (χ1n) is 4.77. The van der Waals surface area contributed by atoms with E-state index in [9.17, 15) is 4.39 Å². The van der Waals surface area contributed by atoms with Crippen LogP contribution in [0, 0.1) is 5.82 Å². The molecule has 2 aromatic rings. The molecular weight excluding hydrogens is 355 g/mol. The number of hydrogen-bond donors (Lipinski definition) is 2. The maximum Gasteiger partial charge on any atom is 0.140 e. The van der Waals surface area contributed by atoms with Crippen LogP contribution in [0.4, 0.5) is 4.39 Å². The number of halogens is 3. The van der Waals surface area contributed by atoms with E-state index in [0.717, 1.165) is 4.47 Å². The third kappa shape index (κ3) is 2.60. The summed E-state index contributed by atoms with van der Waals surface area (Å²) in [5.41, 5.74) is 2.97. The molecule has 0 aliphatic heterocycles. The molecule has 0 amide bonds. The van der Waals surface area contributed by atoms with Gasteiger partial charge < -0.3 is 4.42 Å². The lowest BCUT2D eigenvalue weighted by atomic mass is 10.0. The van der Waals surface area contributed by atoms with E-state index in [-0.39, 0.29) is 5.82 Å². The minimum atomic E-state index is -0.535. The van der Waals surface area contributed by atoms with E-state index < -0.39 is 6.04 Å². The summed E-state index contributed by atoms with van der Waals surface area (Å²) in [5, 5.41) is 0. The maximum absolute atomic E-state index is 13.8. The predicted molar refractivity (Wildman–Crippen MR) is 69.7 cm³/mol. The molecule has 0 saturated carbocycles. The van der Waals surface area contributed by atoms with Gasteiger partial charge >= 0.3 is 0 Å². The molecule has 3 nitrogen and oxygen atoms in total. The number of hydrogen-bond acceptors (Lipinski definition) is 3. The molecule has 1 atom stereocenters. The van der Waals surface area contributed by atoms with E-state index in [2.05, 4.69) is 37.3 Å². The average Bonchev–Trinajstić information content (AvgIpc) is 2.69. The molecule has 1 heterocycles. The molecule has 0 bridgehead atoms. The lowest BCUT2D eigenvalue weighted by Gasteiger charge is -2.15. The van der Waals surface area contributed by atoms with Crippen molar-refractivity contribution in [3.05, 3.63) is 56.6 Å². The Labute approximate surface area is 114 Å². The highest BCUT2D eigenvalue weighted by molar-refractivity contribution is 9.10. The molecule has 0 fully saturated rings. The van der Waals surface area contributed by atoms with Gasteiger partial charge in [0, 0.05) is 10.0 Å². The molecular formula is C11H9Br2FN2O. The van der Waals surface area contributed by atoms with E-state index in [1.807, 2.05) is 0 Å². The van der Waals surface area contributed by atoms with Crippen LogP contribution in [0.2, 0.25) is 0 Å². The van der Waals surface area contributed by atoms with Crippen molar-refractivity contribution < 1.29 is 8.81 Å². The predicted octanol–water partition coefficient (Wildman–Crippen LogP) is 3.50. The van der Waals surface area contributed by atoms with Crippen LogP contribution in [0.1, 0.15) is 17.4 Å². The SMILES string of the molecule is NNC(c1ccc(Br)cc1F)c1occc1Br. The van der Waals surface area contributed by atoms with E-state index in [1.165, 1.54) is 12.3 Å². The number of furan rings is 1. The van der Waals surface area contributed by atoms with E-state index in [0.29, 0.717) is 15.8 Å². The topological polar surface area (TPSA) is 51.2 Å². The van der Waals surface area contributed by atoms with Crippen molar-refractivity contribution >= 4 is 31.9 Å². The second kappa shape index (κ2) is 5.30. The van der Waals surface area contributed by atoms with E-state index >= 15 is 0 Å². The molecule has 17 heavy (non-hydrogen) atoms. The van der Waals surface area contributed by atoms with Gasteiger partial charge in [0.15, 0.2) is 0 Å². The highest BCUT2D eigenvalue weighted by atomic mass is 79.9. The van der Waals surface area contributed by atoms with Crippen LogP contribution in [0.3, 0.4) is 0 Å². The molecule has 0 aliphatic rings. The second-order valence-electron chi connectivity index (χ2n) is 3.40. The van der Waals surface area contributed by atoms with Gasteiger partial charge in [0.05, 0.1) is 10.7 Å². The van der Waals surface area contributed by atoms with Gasteiger partial charge in [-0.1, -0.05) is 22.0 Å². The van der Waals surface area contributed by atoms with Gasteiger partial charge in [-0.15, -0.1) is 0 Å². The standard InChI is InChI=1S/C11H9Br2FN2O/c12-6-1-2-7(9(14)5-6)10(16-15)11-8(13)3-4-17-11/h1-5,10,16H,15H2. The largest absolute Gasteiger partial charge is 0.466 e. The summed E-state index contributed by atoms with van der Waals surface area (Å²) < 4.78 is 20.5. The average molecular weight is 364 g/mol. The summed E-state index contributed by atoms with van der Waals surface area (Å²) >= 11 is 6.53. The third-order valence-corrected chi connectivity index (χ3v) is 3.50. The van der Waals surface area contributed by atoms with Crippen LogP contribution >= 0.6 is 31.9 Å². The van der Waals surface area contributed by atoms with Crippen LogP contribution in [0.5, 0.6) is 0 Å². The van der Waals surface area contributed by atoms with Crippen LogP contribution in [-0.4, -0.2) is 0 Å². The Balaban J connectivity index is 2.46. The van der Waals surface area contributed by atoms with Crippen molar-refractivity contribution in [1.29, 1.82) is 0 Å². The Morgan fingerprint density at radius 1 is 1.29 bits per heavy atom. The highest BCUT2D eigenvalue weighted by Crippen LogP contribution is 2.31. The quantitative estimate of drug-likeness (QED) is 0.648. The molecule has 0 radical (unpaired) electrons. The molecule has 6 heteroatoms. The van der Waals surface area contributed by atoms with Gasteiger partial charge in [-0.05, 0) is 34.1 Å². The minimum absolute atomic E-state index is 0.356. The van der Waals surface area contributed by atoms with E-state index in [4.69, 9.17) is 10.3 Å². The summed E-state index contributed by atoms with van der Waals surface area (Å²) in [7, 11) is 0. The van der Waals surface area contributed by atoms with Crippen LogP contribution in [0.15, 0.2) is 43.9 Å². The fourth-order valence-corrected chi connectivity index (χ4v) is 2.32. The number of nitrogens with one attached hydrogen (secondary N) is 1. The Hall–Kier alpha value is -0.690. The van der Waals surface area contributed by atoms with Crippen molar-refractivity contribution in [2.75, 3.05) is 0 Å². The third-order valence-electron chi connectivity index (χ3n) is 2.35. The number of benzene rings is 1. The summed E-state index contributed by atoms with van der Waals surface area (Å²) in [4.78, 5) is 0. The van der Waals surface area contributed by atoms with Gasteiger partial charge in [-0.2, -0.15) is 0 Å². The van der Waals surface area contributed by atoms with Crippen LogP contribution in [0.25, 0.3) is 0 Å². The fraction of sp³-hybridized carbons (Fsp3) is 0.0909. The number of hydrazine groups is 1. The van der Waals surface area contributed by atoms with Crippen LogP contribution < -0.4 is 11.3 Å². The Kier molecular flexibility index (Phi) is 3.98. The zero-order valence-corrected chi connectivity index (χ0v) is 11.8. The molecule has 1 unspecified atom stereocenters. The maximum atomic E-state index is 13.8. The first kappa shape index (κ1) is 12.8. The lowest BCUT2D eigenvalue weighted by molar-refractivity contribution is 0.439.